The number of amides is 1. The highest BCUT2D eigenvalue weighted by atomic mass is 16.1. The van der Waals surface area contributed by atoms with Gasteiger partial charge in [-0.3, -0.25) is 9.89 Å². The SMILES string of the molecule is Cc1n[nH]c(C)c1Cc1ccc(C(=O)Nc2cccc(N)c2)cc1. The van der Waals surface area contributed by atoms with Crippen LogP contribution in [0.3, 0.4) is 0 Å². The van der Waals surface area contributed by atoms with Gasteiger partial charge in [-0.25, -0.2) is 0 Å². The van der Waals surface area contributed by atoms with Crippen LogP contribution in [-0.2, 0) is 6.42 Å². The standard InChI is InChI=1S/C19H20N4O/c1-12-18(13(2)23-22-12)10-14-6-8-15(9-7-14)19(24)21-17-5-3-4-16(20)11-17/h3-9,11H,10,20H2,1-2H3,(H,21,24)(H,22,23). The van der Waals surface area contributed by atoms with E-state index in [9.17, 15) is 4.79 Å². The molecule has 5 nitrogen and oxygen atoms in total. The van der Waals surface area contributed by atoms with Crippen LogP contribution in [0.25, 0.3) is 0 Å². The minimum atomic E-state index is -0.150. The second-order valence-corrected chi connectivity index (χ2v) is 5.87. The van der Waals surface area contributed by atoms with Crippen LogP contribution in [0.15, 0.2) is 48.5 Å². The number of nitrogen functional groups attached to an aromatic ring is 1. The Morgan fingerprint density at radius 3 is 2.54 bits per heavy atom. The van der Waals surface area contributed by atoms with Crippen LogP contribution in [0.1, 0.15) is 32.9 Å². The maximum absolute atomic E-state index is 12.3. The van der Waals surface area contributed by atoms with E-state index in [1.165, 1.54) is 5.56 Å². The van der Waals surface area contributed by atoms with Crippen molar-refractivity contribution in [2.45, 2.75) is 20.3 Å². The molecule has 0 fully saturated rings. The fraction of sp³-hybridized carbons (Fsp3) is 0.158. The lowest BCUT2D eigenvalue weighted by Crippen LogP contribution is -2.12. The van der Waals surface area contributed by atoms with Crippen molar-refractivity contribution >= 4 is 17.3 Å². The van der Waals surface area contributed by atoms with Crippen molar-refractivity contribution < 1.29 is 4.79 Å². The van der Waals surface area contributed by atoms with Gasteiger partial charge in [-0.15, -0.1) is 0 Å². The summed E-state index contributed by atoms with van der Waals surface area (Å²) in [5, 5.41) is 10.1. The third-order valence-corrected chi connectivity index (χ3v) is 4.02. The number of carbonyl (C=O) groups is 1. The van der Waals surface area contributed by atoms with Crippen molar-refractivity contribution in [2.75, 3.05) is 11.1 Å². The van der Waals surface area contributed by atoms with Crippen molar-refractivity contribution in [3.05, 3.63) is 76.6 Å². The third kappa shape index (κ3) is 3.46. The number of rotatable bonds is 4. The second-order valence-electron chi connectivity index (χ2n) is 5.87. The van der Waals surface area contributed by atoms with Gasteiger partial charge in [0.25, 0.3) is 5.91 Å². The molecule has 4 N–H and O–H groups in total. The predicted molar refractivity (Wildman–Crippen MR) is 96.1 cm³/mol. The molecule has 122 valence electrons. The minimum absolute atomic E-state index is 0.150. The normalized spacial score (nSPS) is 10.6. The van der Waals surface area contributed by atoms with E-state index >= 15 is 0 Å². The Labute approximate surface area is 140 Å². The molecule has 1 amide bonds. The highest BCUT2D eigenvalue weighted by Crippen LogP contribution is 2.17. The molecule has 0 atom stereocenters. The molecule has 0 aliphatic rings. The molecule has 0 radical (unpaired) electrons. The highest BCUT2D eigenvalue weighted by molar-refractivity contribution is 6.04. The molecule has 0 saturated heterocycles. The van der Waals surface area contributed by atoms with Crippen LogP contribution in [0.2, 0.25) is 0 Å². The van der Waals surface area contributed by atoms with Gasteiger partial charge in [-0.05, 0) is 49.7 Å². The molecule has 0 spiro atoms. The largest absolute Gasteiger partial charge is 0.399 e. The molecule has 0 bridgehead atoms. The second kappa shape index (κ2) is 6.58. The summed E-state index contributed by atoms with van der Waals surface area (Å²) >= 11 is 0. The lowest BCUT2D eigenvalue weighted by Gasteiger charge is -2.07. The average molecular weight is 320 g/mol. The molecule has 0 aliphatic heterocycles. The van der Waals surface area contributed by atoms with E-state index in [4.69, 9.17) is 5.73 Å². The third-order valence-electron chi connectivity index (χ3n) is 4.02. The van der Waals surface area contributed by atoms with Gasteiger partial charge in [0, 0.05) is 34.6 Å². The monoisotopic (exact) mass is 320 g/mol. The van der Waals surface area contributed by atoms with Crippen molar-refractivity contribution in [3.8, 4) is 0 Å². The number of H-pyrrole nitrogens is 1. The smallest absolute Gasteiger partial charge is 0.255 e. The maximum Gasteiger partial charge on any atom is 0.255 e. The Kier molecular flexibility index (Phi) is 4.33. The number of aromatic amines is 1. The van der Waals surface area contributed by atoms with Crippen LogP contribution < -0.4 is 11.1 Å². The number of hydrogen-bond donors (Lipinski definition) is 3. The van der Waals surface area contributed by atoms with E-state index in [-0.39, 0.29) is 5.91 Å². The van der Waals surface area contributed by atoms with Crippen LogP contribution in [0, 0.1) is 13.8 Å². The van der Waals surface area contributed by atoms with Gasteiger partial charge in [0.1, 0.15) is 0 Å². The predicted octanol–water partition coefficient (Wildman–Crippen LogP) is 3.45. The van der Waals surface area contributed by atoms with Crippen molar-refractivity contribution in [1.82, 2.24) is 10.2 Å². The first kappa shape index (κ1) is 15.8. The summed E-state index contributed by atoms with van der Waals surface area (Å²) in [7, 11) is 0. The summed E-state index contributed by atoms with van der Waals surface area (Å²) in [6.07, 6.45) is 0.797. The van der Waals surface area contributed by atoms with Gasteiger partial charge in [-0.1, -0.05) is 18.2 Å². The Balaban J connectivity index is 1.71. The molecule has 2 aromatic carbocycles. The molecule has 0 saturated carbocycles. The summed E-state index contributed by atoms with van der Waals surface area (Å²) in [6, 6.07) is 14.8. The Morgan fingerprint density at radius 1 is 1.17 bits per heavy atom. The van der Waals surface area contributed by atoms with Gasteiger partial charge < -0.3 is 11.1 Å². The first-order chi connectivity index (χ1) is 11.5. The van der Waals surface area contributed by atoms with Gasteiger partial charge in [0.15, 0.2) is 0 Å². The zero-order valence-corrected chi connectivity index (χ0v) is 13.8. The minimum Gasteiger partial charge on any atom is -0.399 e. The van der Waals surface area contributed by atoms with Gasteiger partial charge in [-0.2, -0.15) is 5.10 Å². The lowest BCUT2D eigenvalue weighted by atomic mass is 10.0. The number of carbonyl (C=O) groups excluding carboxylic acids is 1. The molecule has 3 aromatic rings. The van der Waals surface area contributed by atoms with Gasteiger partial charge >= 0.3 is 0 Å². The molecule has 0 unspecified atom stereocenters. The van der Waals surface area contributed by atoms with Crippen LogP contribution >= 0.6 is 0 Å². The van der Waals surface area contributed by atoms with E-state index in [2.05, 4.69) is 15.5 Å². The summed E-state index contributed by atoms with van der Waals surface area (Å²) < 4.78 is 0. The number of nitrogens with one attached hydrogen (secondary N) is 2. The van der Waals surface area contributed by atoms with E-state index < -0.39 is 0 Å². The Bertz CT molecular complexity index is 846. The fourth-order valence-corrected chi connectivity index (χ4v) is 2.63. The van der Waals surface area contributed by atoms with E-state index in [0.717, 1.165) is 23.4 Å². The zero-order chi connectivity index (χ0) is 17.1. The fourth-order valence-electron chi connectivity index (χ4n) is 2.63. The number of aromatic nitrogens is 2. The number of aryl methyl sites for hydroxylation is 2. The van der Waals surface area contributed by atoms with E-state index in [1.807, 2.05) is 50.2 Å². The number of benzene rings is 2. The van der Waals surface area contributed by atoms with Crippen LogP contribution in [0.5, 0.6) is 0 Å². The summed E-state index contributed by atoms with van der Waals surface area (Å²) in [6.45, 7) is 4.01. The molecular formula is C19H20N4O. The number of hydrogen-bond acceptors (Lipinski definition) is 3. The van der Waals surface area contributed by atoms with Crippen molar-refractivity contribution in [1.29, 1.82) is 0 Å². The van der Waals surface area contributed by atoms with Crippen LogP contribution in [-0.4, -0.2) is 16.1 Å². The van der Waals surface area contributed by atoms with Gasteiger partial charge in [0.2, 0.25) is 0 Å². The number of nitrogens with two attached hydrogens (primary N) is 1. The molecular weight excluding hydrogens is 300 g/mol. The zero-order valence-electron chi connectivity index (χ0n) is 13.8. The Morgan fingerprint density at radius 2 is 1.92 bits per heavy atom. The average Bonchev–Trinajstić information content (AvgIpc) is 2.87. The molecule has 5 heteroatoms. The van der Waals surface area contributed by atoms with E-state index in [1.54, 1.807) is 12.1 Å². The number of anilines is 2. The summed E-state index contributed by atoms with van der Waals surface area (Å²) in [4.78, 5) is 12.3. The molecule has 1 heterocycles. The molecule has 24 heavy (non-hydrogen) atoms. The topological polar surface area (TPSA) is 83.8 Å². The van der Waals surface area contributed by atoms with Gasteiger partial charge in [0.05, 0.1) is 5.69 Å². The first-order valence-corrected chi connectivity index (χ1v) is 7.79. The number of nitrogens with zero attached hydrogens (tertiary/aromatic N) is 1. The maximum atomic E-state index is 12.3. The molecule has 3 rings (SSSR count). The lowest BCUT2D eigenvalue weighted by molar-refractivity contribution is 0.102. The van der Waals surface area contributed by atoms with E-state index in [0.29, 0.717) is 16.9 Å². The Hall–Kier alpha value is -3.08. The molecule has 1 aromatic heterocycles. The van der Waals surface area contributed by atoms with Crippen molar-refractivity contribution in [2.24, 2.45) is 0 Å². The molecule has 0 aliphatic carbocycles. The highest BCUT2D eigenvalue weighted by Gasteiger charge is 2.09. The first-order valence-electron chi connectivity index (χ1n) is 7.79. The van der Waals surface area contributed by atoms with Crippen LogP contribution in [0.4, 0.5) is 11.4 Å². The summed E-state index contributed by atoms with van der Waals surface area (Å²) in [5.41, 5.74) is 12.1. The summed E-state index contributed by atoms with van der Waals surface area (Å²) in [5.74, 6) is -0.150. The quantitative estimate of drug-likeness (QED) is 0.644. The van der Waals surface area contributed by atoms with Crippen molar-refractivity contribution in [3.63, 3.8) is 0 Å².